The lowest BCUT2D eigenvalue weighted by Gasteiger charge is -2.36. The molecule has 5 aromatic rings. The number of hydrogen-bond acceptors (Lipinski definition) is 10. The summed E-state index contributed by atoms with van der Waals surface area (Å²) >= 11 is 6.15. The van der Waals surface area contributed by atoms with Gasteiger partial charge in [0.1, 0.15) is 24.4 Å². The first kappa shape index (κ1) is 38.3. The molecule has 3 aliphatic rings. The van der Waals surface area contributed by atoms with Crippen LogP contribution in [0.5, 0.6) is 5.75 Å². The Kier molecular flexibility index (Phi) is 9.88. The second kappa shape index (κ2) is 14.7. The van der Waals surface area contributed by atoms with Gasteiger partial charge in [-0.05, 0) is 55.9 Å². The Labute approximate surface area is 327 Å². The van der Waals surface area contributed by atoms with Crippen LogP contribution in [0.15, 0.2) is 47.5 Å². The fourth-order valence-corrected chi connectivity index (χ4v) is 8.01. The number of halogens is 5. The minimum absolute atomic E-state index is 0.0264. The molecule has 3 fully saturated rings. The summed E-state index contributed by atoms with van der Waals surface area (Å²) in [5.41, 5.74) is -0.106. The van der Waals surface area contributed by atoms with Crippen LogP contribution in [0, 0.1) is 24.6 Å². The molecule has 57 heavy (non-hydrogen) atoms. The summed E-state index contributed by atoms with van der Waals surface area (Å²) in [6.07, 6.45) is -1.98. The number of fused-ring (bicyclic) bond motifs is 2. The number of aromatic nitrogens is 6. The highest BCUT2D eigenvalue weighted by molar-refractivity contribution is 6.33. The van der Waals surface area contributed by atoms with E-state index in [9.17, 15) is 32.7 Å². The monoisotopic (exact) mass is 808 g/mol. The zero-order valence-corrected chi connectivity index (χ0v) is 31.6. The van der Waals surface area contributed by atoms with E-state index in [1.165, 1.54) is 28.3 Å². The maximum absolute atomic E-state index is 15.5. The first-order chi connectivity index (χ1) is 27.2. The number of alkyl halides is 3. The number of carbonyl (C=O) groups excluding carboxylic acids is 2. The van der Waals surface area contributed by atoms with Gasteiger partial charge in [-0.15, -0.1) is 15.0 Å². The molecule has 2 atom stereocenters. The van der Waals surface area contributed by atoms with Gasteiger partial charge < -0.3 is 24.8 Å². The molecule has 19 heteroatoms. The van der Waals surface area contributed by atoms with Crippen LogP contribution in [0.25, 0.3) is 16.9 Å². The van der Waals surface area contributed by atoms with E-state index in [4.69, 9.17) is 11.6 Å². The Balaban J connectivity index is 1.13. The molecular formula is C38H37ClF4N10O4. The lowest BCUT2D eigenvalue weighted by molar-refractivity contribution is -0.137. The summed E-state index contributed by atoms with van der Waals surface area (Å²) < 4.78 is 56.9. The number of piperazine rings is 1. The van der Waals surface area contributed by atoms with Crippen molar-refractivity contribution in [2.75, 3.05) is 49.5 Å². The second-order valence-electron chi connectivity index (χ2n) is 14.6. The highest BCUT2D eigenvalue weighted by Crippen LogP contribution is 2.45. The number of amides is 2. The average molecular weight is 809 g/mol. The average Bonchev–Trinajstić information content (AvgIpc) is 3.54. The molecule has 1 aliphatic carbocycles. The molecule has 2 aromatic carbocycles. The predicted molar refractivity (Wildman–Crippen MR) is 201 cm³/mol. The molecule has 8 rings (SSSR count). The Hall–Kier alpha value is -5.62. The molecule has 298 valence electrons. The summed E-state index contributed by atoms with van der Waals surface area (Å²) in [6.45, 7) is 5.95. The fraction of sp³-hybridized carbons (Fsp3) is 0.395. The SMILES string of the molecule is CCc1c(N2CCN(C(=O)c3ncnc(C)c3O)CC2)c(=O)c2nn(-c3ccc(CN4CC5CC5C4)c(F)c3)nc2n1CC(=O)Nc1ccc(C(F)(F)F)cc1Cl. The van der Waals surface area contributed by atoms with Gasteiger partial charge >= 0.3 is 6.18 Å². The molecule has 2 aliphatic heterocycles. The van der Waals surface area contributed by atoms with Crippen molar-refractivity contribution in [3.05, 3.63) is 92.0 Å². The number of aromatic hydroxyl groups is 1. The normalized spacial score (nSPS) is 18.3. The number of pyridine rings is 1. The minimum Gasteiger partial charge on any atom is -0.504 e. The molecule has 2 N–H and O–H groups in total. The van der Waals surface area contributed by atoms with Gasteiger partial charge in [0.25, 0.3) is 5.91 Å². The number of likely N-dealkylation sites (tertiary alicyclic amines) is 1. The molecule has 2 saturated heterocycles. The summed E-state index contributed by atoms with van der Waals surface area (Å²) in [5.74, 6) is -0.557. The molecule has 5 heterocycles. The van der Waals surface area contributed by atoms with E-state index >= 15 is 4.39 Å². The molecule has 1 saturated carbocycles. The number of rotatable bonds is 9. The number of benzene rings is 2. The van der Waals surface area contributed by atoms with Gasteiger partial charge in [0.15, 0.2) is 22.6 Å². The van der Waals surface area contributed by atoms with Crippen LogP contribution in [0.4, 0.5) is 28.9 Å². The first-order valence-electron chi connectivity index (χ1n) is 18.4. The Morgan fingerprint density at radius 2 is 1.75 bits per heavy atom. The van der Waals surface area contributed by atoms with Crippen molar-refractivity contribution in [3.63, 3.8) is 0 Å². The van der Waals surface area contributed by atoms with Gasteiger partial charge in [0, 0.05) is 63.1 Å². The number of anilines is 2. The van der Waals surface area contributed by atoms with E-state index in [0.717, 1.165) is 30.0 Å². The predicted octanol–water partition coefficient (Wildman–Crippen LogP) is 4.81. The van der Waals surface area contributed by atoms with Crippen LogP contribution in [0.1, 0.15) is 46.3 Å². The Bertz CT molecular complexity index is 2470. The molecular weight excluding hydrogens is 772 g/mol. The van der Waals surface area contributed by atoms with Crippen LogP contribution in [0.2, 0.25) is 5.02 Å². The van der Waals surface area contributed by atoms with Crippen LogP contribution in [-0.4, -0.2) is 95.5 Å². The van der Waals surface area contributed by atoms with E-state index in [0.29, 0.717) is 35.7 Å². The van der Waals surface area contributed by atoms with Crippen molar-refractivity contribution >= 4 is 46.0 Å². The van der Waals surface area contributed by atoms with E-state index in [1.54, 1.807) is 30.9 Å². The summed E-state index contributed by atoms with van der Waals surface area (Å²) in [4.78, 5) is 55.9. The lowest BCUT2D eigenvalue weighted by atomic mass is 10.1. The zero-order valence-electron chi connectivity index (χ0n) is 30.9. The Morgan fingerprint density at radius 3 is 2.42 bits per heavy atom. The standard InChI is InChI=1S/C38H37ClF4N10O4/c1-3-29-33(50-8-10-51(11-9-50)37(57)32-34(55)20(2)44-19-45-32)35(56)31-36(52(29)18-30(54)46-28-7-5-24(13-26(28)39)38(41,42)43)48-53(47-31)25-6-4-21(27(40)14-25)15-49-16-22-12-23(22)17-49/h4-7,13-14,19,22-23,55H,3,8-12,15-18H2,1-2H3,(H,46,54). The third-order valence-electron chi connectivity index (χ3n) is 10.9. The van der Waals surface area contributed by atoms with Crippen LogP contribution in [-0.2, 0) is 30.5 Å². The Morgan fingerprint density at radius 1 is 1.02 bits per heavy atom. The van der Waals surface area contributed by atoms with E-state index < -0.39 is 41.3 Å². The van der Waals surface area contributed by atoms with Crippen molar-refractivity contribution in [3.8, 4) is 11.4 Å². The number of nitrogens with zero attached hydrogens (tertiary/aromatic N) is 9. The molecule has 0 spiro atoms. The zero-order chi connectivity index (χ0) is 40.3. The van der Waals surface area contributed by atoms with Crippen molar-refractivity contribution in [2.24, 2.45) is 11.8 Å². The summed E-state index contributed by atoms with van der Waals surface area (Å²) in [5, 5.41) is 21.7. The molecule has 0 bridgehead atoms. The van der Waals surface area contributed by atoms with Gasteiger partial charge in [0.05, 0.1) is 27.7 Å². The third-order valence-corrected chi connectivity index (χ3v) is 11.2. The van der Waals surface area contributed by atoms with Crippen LogP contribution >= 0.6 is 11.6 Å². The fourth-order valence-electron chi connectivity index (χ4n) is 7.78. The number of piperidine rings is 1. The van der Waals surface area contributed by atoms with Gasteiger partial charge in [0.2, 0.25) is 11.3 Å². The van der Waals surface area contributed by atoms with Gasteiger partial charge in [-0.2, -0.15) is 13.2 Å². The number of hydrogen-bond donors (Lipinski definition) is 2. The maximum atomic E-state index is 15.5. The first-order valence-corrected chi connectivity index (χ1v) is 18.8. The molecule has 2 amide bonds. The summed E-state index contributed by atoms with van der Waals surface area (Å²) in [6, 6.07) is 7.20. The number of aryl methyl sites for hydroxylation is 1. The van der Waals surface area contributed by atoms with Crippen molar-refractivity contribution < 1.29 is 32.3 Å². The number of carbonyl (C=O) groups is 2. The molecule has 14 nitrogen and oxygen atoms in total. The largest absolute Gasteiger partial charge is 0.504 e. The number of nitrogens with one attached hydrogen (secondary N) is 1. The molecule has 0 radical (unpaired) electrons. The highest BCUT2D eigenvalue weighted by atomic mass is 35.5. The van der Waals surface area contributed by atoms with Gasteiger partial charge in [-0.1, -0.05) is 24.6 Å². The topological polar surface area (TPSA) is 155 Å². The van der Waals surface area contributed by atoms with E-state index in [2.05, 4.69) is 30.4 Å². The quantitative estimate of drug-likeness (QED) is 0.198. The van der Waals surface area contributed by atoms with Crippen LogP contribution in [0.3, 0.4) is 0 Å². The summed E-state index contributed by atoms with van der Waals surface area (Å²) in [7, 11) is 0. The smallest absolute Gasteiger partial charge is 0.416 e. The van der Waals surface area contributed by atoms with Crippen molar-refractivity contribution in [1.82, 2.24) is 39.3 Å². The second-order valence-corrected chi connectivity index (χ2v) is 15.0. The highest BCUT2D eigenvalue weighted by Gasteiger charge is 2.45. The van der Waals surface area contributed by atoms with Gasteiger partial charge in [-0.25, -0.2) is 14.4 Å². The van der Waals surface area contributed by atoms with Crippen LogP contribution < -0.4 is 15.6 Å². The van der Waals surface area contributed by atoms with E-state index in [-0.39, 0.29) is 83.0 Å². The molecule has 2 unspecified atom stereocenters. The minimum atomic E-state index is -4.64. The lowest BCUT2D eigenvalue weighted by Crippen LogP contribution is -2.50. The third kappa shape index (κ3) is 7.38. The van der Waals surface area contributed by atoms with E-state index in [1.807, 2.05) is 0 Å². The van der Waals surface area contributed by atoms with Gasteiger partial charge in [-0.3, -0.25) is 19.3 Å². The van der Waals surface area contributed by atoms with Crippen molar-refractivity contribution in [1.29, 1.82) is 0 Å². The maximum Gasteiger partial charge on any atom is 0.416 e. The van der Waals surface area contributed by atoms with Crippen molar-refractivity contribution in [2.45, 2.75) is 46.0 Å². The molecule has 3 aromatic heterocycles.